The number of nitrogens with zero attached hydrogens (tertiary/aromatic N) is 2. The summed E-state index contributed by atoms with van der Waals surface area (Å²) in [5.74, 6) is 2.94. The molecule has 30 heavy (non-hydrogen) atoms. The number of terminal acetylenes is 1. The lowest BCUT2D eigenvalue weighted by atomic mass is 9.87. The van der Waals surface area contributed by atoms with E-state index in [0.29, 0.717) is 6.54 Å². The third-order valence-electron chi connectivity index (χ3n) is 6.03. The summed E-state index contributed by atoms with van der Waals surface area (Å²) in [4.78, 5) is 21.0. The van der Waals surface area contributed by atoms with Crippen molar-refractivity contribution in [2.45, 2.75) is 32.4 Å². The predicted octanol–water partition coefficient (Wildman–Crippen LogP) is 4.16. The summed E-state index contributed by atoms with van der Waals surface area (Å²) in [5, 5.41) is 10.3. The van der Waals surface area contributed by atoms with Crippen LogP contribution in [0.4, 0.5) is 0 Å². The van der Waals surface area contributed by atoms with Crippen molar-refractivity contribution in [1.29, 1.82) is 0 Å². The quantitative estimate of drug-likeness (QED) is 0.626. The maximum Gasteiger partial charge on any atom is 0.354 e. The second-order valence-electron chi connectivity index (χ2n) is 7.80. The van der Waals surface area contributed by atoms with E-state index in [-0.39, 0.29) is 17.7 Å². The number of carboxylic acids is 1. The number of aromatic nitrogens is 2. The van der Waals surface area contributed by atoms with Crippen LogP contribution in [0.25, 0.3) is 10.9 Å². The monoisotopic (exact) mass is 403 g/mol. The lowest BCUT2D eigenvalue weighted by molar-refractivity contribution is 0.0690. The lowest BCUT2D eigenvalue weighted by Gasteiger charge is -2.38. The molecule has 1 saturated heterocycles. The Morgan fingerprint density at radius 3 is 2.93 bits per heavy atom. The number of aryl methyl sites for hydroxylation is 1. The van der Waals surface area contributed by atoms with Crippen molar-refractivity contribution >= 4 is 16.9 Å². The summed E-state index contributed by atoms with van der Waals surface area (Å²) >= 11 is 0. The number of aromatic amines is 1. The molecule has 0 amide bonds. The molecule has 2 N–H and O–H groups in total. The van der Waals surface area contributed by atoms with Crippen molar-refractivity contribution in [1.82, 2.24) is 14.9 Å². The molecular formula is C24H25N3O3. The SMILES string of the molecule is C#CC1CCN(Cc2c(OC)cc(C)c3[nH]ccc23)[C@H](c2ccc(C(=O)O)nc2)C1. The van der Waals surface area contributed by atoms with Crippen molar-refractivity contribution in [3.8, 4) is 18.1 Å². The van der Waals surface area contributed by atoms with Crippen molar-refractivity contribution in [2.75, 3.05) is 13.7 Å². The highest BCUT2D eigenvalue weighted by molar-refractivity contribution is 5.88. The largest absolute Gasteiger partial charge is 0.496 e. The topological polar surface area (TPSA) is 78.5 Å². The van der Waals surface area contributed by atoms with Crippen LogP contribution in [0, 0.1) is 25.2 Å². The van der Waals surface area contributed by atoms with E-state index >= 15 is 0 Å². The Morgan fingerprint density at radius 2 is 2.27 bits per heavy atom. The van der Waals surface area contributed by atoms with Gasteiger partial charge in [0.15, 0.2) is 0 Å². The van der Waals surface area contributed by atoms with Crippen LogP contribution in [0.3, 0.4) is 0 Å². The summed E-state index contributed by atoms with van der Waals surface area (Å²) in [7, 11) is 1.70. The van der Waals surface area contributed by atoms with Crippen LogP contribution in [-0.2, 0) is 6.54 Å². The number of rotatable bonds is 5. The van der Waals surface area contributed by atoms with E-state index in [2.05, 4.69) is 39.8 Å². The third-order valence-corrected chi connectivity index (χ3v) is 6.03. The fourth-order valence-electron chi connectivity index (χ4n) is 4.41. The molecule has 154 valence electrons. The molecule has 1 aliphatic heterocycles. The van der Waals surface area contributed by atoms with Gasteiger partial charge in [0.2, 0.25) is 0 Å². The zero-order chi connectivity index (χ0) is 21.3. The van der Waals surface area contributed by atoms with Gasteiger partial charge in [0.1, 0.15) is 11.4 Å². The molecule has 0 saturated carbocycles. The molecule has 1 fully saturated rings. The van der Waals surface area contributed by atoms with Crippen LogP contribution in [0.5, 0.6) is 5.75 Å². The number of hydrogen-bond donors (Lipinski definition) is 2. The van der Waals surface area contributed by atoms with Gasteiger partial charge in [-0.15, -0.1) is 12.3 Å². The number of ether oxygens (including phenoxy) is 1. The zero-order valence-corrected chi connectivity index (χ0v) is 17.2. The van der Waals surface area contributed by atoms with Gasteiger partial charge in [-0.1, -0.05) is 6.07 Å². The van der Waals surface area contributed by atoms with Gasteiger partial charge < -0.3 is 14.8 Å². The molecule has 0 bridgehead atoms. The van der Waals surface area contributed by atoms with E-state index in [9.17, 15) is 4.79 Å². The molecule has 0 spiro atoms. The molecule has 1 aliphatic rings. The highest BCUT2D eigenvalue weighted by atomic mass is 16.5. The van der Waals surface area contributed by atoms with Gasteiger partial charge in [-0.2, -0.15) is 0 Å². The van der Waals surface area contributed by atoms with E-state index in [1.54, 1.807) is 19.4 Å². The summed E-state index contributed by atoms with van der Waals surface area (Å²) in [6, 6.07) is 7.64. The number of fused-ring (bicyclic) bond motifs is 1. The minimum atomic E-state index is -1.03. The first-order valence-corrected chi connectivity index (χ1v) is 10.0. The number of benzene rings is 1. The highest BCUT2D eigenvalue weighted by Gasteiger charge is 2.30. The van der Waals surface area contributed by atoms with Crippen LogP contribution in [0.15, 0.2) is 36.7 Å². The van der Waals surface area contributed by atoms with Gasteiger partial charge in [-0.3, -0.25) is 4.90 Å². The maximum absolute atomic E-state index is 11.2. The Morgan fingerprint density at radius 1 is 1.43 bits per heavy atom. The average Bonchev–Trinajstić information content (AvgIpc) is 3.26. The number of hydrogen-bond acceptors (Lipinski definition) is 4. The van der Waals surface area contributed by atoms with Crippen molar-refractivity contribution in [3.63, 3.8) is 0 Å². The van der Waals surface area contributed by atoms with Gasteiger partial charge in [-0.25, -0.2) is 9.78 Å². The molecule has 6 heteroatoms. The molecule has 1 unspecified atom stereocenters. The van der Waals surface area contributed by atoms with E-state index < -0.39 is 5.97 Å². The molecular weight excluding hydrogens is 378 g/mol. The predicted molar refractivity (Wildman–Crippen MR) is 115 cm³/mol. The summed E-state index contributed by atoms with van der Waals surface area (Å²) in [5.41, 5.74) is 4.43. The second-order valence-corrected chi connectivity index (χ2v) is 7.80. The standard InChI is InChI=1S/C24H25N3O3/c1-4-16-8-10-27(21(12-16)17-5-6-20(24(28)29)26-13-17)14-19-18-7-9-25-23(18)15(2)11-22(19)30-3/h1,5-7,9,11,13,16,21,25H,8,10,12,14H2,2-3H3,(H,28,29)/t16?,21-/m0/s1. The van der Waals surface area contributed by atoms with Crippen LogP contribution >= 0.6 is 0 Å². The van der Waals surface area contributed by atoms with E-state index in [1.807, 2.05) is 12.3 Å². The first-order chi connectivity index (χ1) is 14.5. The molecule has 4 rings (SSSR count). The number of carbonyl (C=O) groups is 1. The molecule has 2 aromatic heterocycles. The smallest absolute Gasteiger partial charge is 0.354 e. The number of methoxy groups -OCH3 is 1. The minimum Gasteiger partial charge on any atom is -0.496 e. The molecule has 6 nitrogen and oxygen atoms in total. The lowest BCUT2D eigenvalue weighted by Crippen LogP contribution is -2.36. The van der Waals surface area contributed by atoms with Crippen LogP contribution in [0.2, 0.25) is 0 Å². The van der Waals surface area contributed by atoms with Gasteiger partial charge in [0, 0.05) is 53.9 Å². The summed E-state index contributed by atoms with van der Waals surface area (Å²) in [6.07, 6.45) is 11.1. The van der Waals surface area contributed by atoms with Gasteiger partial charge in [-0.05, 0) is 49.1 Å². The normalized spacial score (nSPS) is 19.5. The van der Waals surface area contributed by atoms with Gasteiger partial charge in [0.05, 0.1) is 7.11 Å². The molecule has 1 aromatic carbocycles. The van der Waals surface area contributed by atoms with Crippen molar-refractivity contribution in [3.05, 3.63) is 59.0 Å². The molecule has 0 radical (unpaired) electrons. The maximum atomic E-state index is 11.2. The van der Waals surface area contributed by atoms with Crippen molar-refractivity contribution < 1.29 is 14.6 Å². The highest BCUT2D eigenvalue weighted by Crippen LogP contribution is 2.38. The fraction of sp³-hybridized carbons (Fsp3) is 0.333. The minimum absolute atomic E-state index is 0.0452. The third kappa shape index (κ3) is 3.64. The number of piperidine rings is 1. The Hall–Kier alpha value is -3.30. The number of H-pyrrole nitrogens is 1. The summed E-state index contributed by atoms with van der Waals surface area (Å²) < 4.78 is 5.72. The number of carboxylic acid groups (broad SMARTS) is 1. The molecule has 0 aliphatic carbocycles. The first-order valence-electron chi connectivity index (χ1n) is 10.0. The molecule has 3 heterocycles. The van der Waals surface area contributed by atoms with Crippen LogP contribution in [0.1, 0.15) is 46.1 Å². The summed E-state index contributed by atoms with van der Waals surface area (Å²) in [6.45, 7) is 3.63. The first kappa shape index (κ1) is 20.0. The Balaban J connectivity index is 1.71. The number of likely N-dealkylation sites (tertiary alicyclic amines) is 1. The van der Waals surface area contributed by atoms with Crippen LogP contribution in [-0.4, -0.2) is 39.6 Å². The molecule has 3 aromatic rings. The number of aromatic carboxylic acids is 1. The Bertz CT molecular complexity index is 1110. The Labute approximate surface area is 175 Å². The van der Waals surface area contributed by atoms with Crippen molar-refractivity contribution in [2.24, 2.45) is 5.92 Å². The van der Waals surface area contributed by atoms with Crippen LogP contribution < -0.4 is 4.74 Å². The second kappa shape index (κ2) is 8.21. The number of nitrogens with one attached hydrogen (secondary N) is 1. The van der Waals surface area contributed by atoms with E-state index in [1.165, 1.54) is 0 Å². The van der Waals surface area contributed by atoms with E-state index in [4.69, 9.17) is 16.3 Å². The Kier molecular flexibility index (Phi) is 5.47. The number of pyridine rings is 1. The average molecular weight is 403 g/mol. The van der Waals surface area contributed by atoms with E-state index in [0.717, 1.165) is 52.7 Å². The van der Waals surface area contributed by atoms with Gasteiger partial charge >= 0.3 is 5.97 Å². The zero-order valence-electron chi connectivity index (χ0n) is 17.2. The van der Waals surface area contributed by atoms with Gasteiger partial charge in [0.25, 0.3) is 0 Å². The molecule has 2 atom stereocenters. The fourth-order valence-corrected chi connectivity index (χ4v) is 4.41.